The summed E-state index contributed by atoms with van der Waals surface area (Å²) in [5, 5.41) is 0. The van der Waals surface area contributed by atoms with E-state index in [1.807, 2.05) is 4.90 Å². The van der Waals surface area contributed by atoms with Crippen molar-refractivity contribution in [2.75, 3.05) is 18.5 Å². The van der Waals surface area contributed by atoms with Gasteiger partial charge in [0.05, 0.1) is 5.56 Å². The number of hydrazine groups is 1. The van der Waals surface area contributed by atoms with Crippen molar-refractivity contribution in [3.05, 3.63) is 23.9 Å². The van der Waals surface area contributed by atoms with E-state index in [1.54, 1.807) is 18.3 Å². The summed E-state index contributed by atoms with van der Waals surface area (Å²) in [7, 11) is 0. The van der Waals surface area contributed by atoms with Crippen molar-refractivity contribution in [1.82, 2.24) is 9.88 Å². The van der Waals surface area contributed by atoms with Crippen molar-refractivity contribution < 1.29 is 4.79 Å². The minimum atomic E-state index is 0.0722. The molecule has 2 heterocycles. The molecule has 1 aromatic heterocycles. The van der Waals surface area contributed by atoms with Gasteiger partial charge in [0, 0.05) is 19.3 Å². The van der Waals surface area contributed by atoms with E-state index >= 15 is 0 Å². The molecule has 0 aliphatic carbocycles. The molecule has 0 aromatic carbocycles. The Labute approximate surface area is 101 Å². The normalized spacial score (nSPS) is 16.4. The molecule has 1 aromatic rings. The largest absolute Gasteiger partial charge is 0.339 e. The summed E-state index contributed by atoms with van der Waals surface area (Å²) < 4.78 is 0. The van der Waals surface area contributed by atoms with Crippen molar-refractivity contribution in [3.8, 4) is 0 Å². The van der Waals surface area contributed by atoms with Gasteiger partial charge >= 0.3 is 0 Å². The molecule has 0 atom stereocenters. The summed E-state index contributed by atoms with van der Waals surface area (Å²) in [6, 6.07) is 3.47. The van der Waals surface area contributed by atoms with Gasteiger partial charge < -0.3 is 10.3 Å². The van der Waals surface area contributed by atoms with E-state index in [1.165, 1.54) is 12.8 Å². The molecular formula is C12H18N4O. The van der Waals surface area contributed by atoms with Crippen LogP contribution in [0.2, 0.25) is 0 Å². The number of carbonyl (C=O) groups excluding carboxylic acids is 1. The van der Waals surface area contributed by atoms with E-state index in [0.717, 1.165) is 25.9 Å². The molecule has 1 saturated heterocycles. The first kappa shape index (κ1) is 11.9. The Morgan fingerprint density at radius 3 is 2.47 bits per heavy atom. The molecule has 0 spiro atoms. The number of pyridine rings is 1. The van der Waals surface area contributed by atoms with Crippen LogP contribution in [0.1, 0.15) is 36.0 Å². The lowest BCUT2D eigenvalue weighted by molar-refractivity contribution is 0.0761. The van der Waals surface area contributed by atoms with Crippen LogP contribution in [0.15, 0.2) is 18.3 Å². The number of amides is 1. The summed E-state index contributed by atoms with van der Waals surface area (Å²) in [5.41, 5.74) is 3.08. The van der Waals surface area contributed by atoms with Crippen LogP contribution in [0.5, 0.6) is 0 Å². The maximum Gasteiger partial charge on any atom is 0.255 e. The Bertz CT molecular complexity index is 369. The number of anilines is 1. The molecule has 92 valence electrons. The second kappa shape index (κ2) is 5.63. The summed E-state index contributed by atoms with van der Waals surface area (Å²) in [6.07, 6.45) is 6.21. The molecule has 1 fully saturated rings. The Hall–Kier alpha value is -1.62. The Kier molecular flexibility index (Phi) is 3.93. The molecule has 0 unspecified atom stereocenters. The molecule has 1 aliphatic heterocycles. The van der Waals surface area contributed by atoms with E-state index in [0.29, 0.717) is 11.4 Å². The van der Waals surface area contributed by atoms with Gasteiger partial charge in [0.2, 0.25) is 0 Å². The molecule has 3 N–H and O–H groups in total. The number of likely N-dealkylation sites (tertiary alicyclic amines) is 1. The van der Waals surface area contributed by atoms with E-state index in [-0.39, 0.29) is 5.91 Å². The lowest BCUT2D eigenvalue weighted by Crippen LogP contribution is -2.31. The van der Waals surface area contributed by atoms with E-state index in [9.17, 15) is 4.79 Å². The number of carbonyl (C=O) groups is 1. The van der Waals surface area contributed by atoms with Crippen LogP contribution in [-0.4, -0.2) is 28.9 Å². The summed E-state index contributed by atoms with van der Waals surface area (Å²) in [5.74, 6) is 5.87. The fourth-order valence-electron chi connectivity index (χ4n) is 2.06. The number of aromatic nitrogens is 1. The zero-order chi connectivity index (χ0) is 12.1. The molecule has 1 aliphatic rings. The van der Waals surface area contributed by atoms with Gasteiger partial charge in [-0.25, -0.2) is 10.8 Å². The minimum Gasteiger partial charge on any atom is -0.339 e. The topological polar surface area (TPSA) is 71.2 Å². The van der Waals surface area contributed by atoms with Gasteiger partial charge in [-0.2, -0.15) is 0 Å². The standard InChI is InChI=1S/C12H18N4O/c13-15-11-6-5-10(9-14-11)12(17)16-7-3-1-2-4-8-16/h5-6,9H,1-4,7-8,13H2,(H,14,15). The summed E-state index contributed by atoms with van der Waals surface area (Å²) in [6.45, 7) is 1.71. The molecule has 0 bridgehead atoms. The first-order chi connectivity index (χ1) is 8.31. The maximum absolute atomic E-state index is 12.2. The fraction of sp³-hybridized carbons (Fsp3) is 0.500. The zero-order valence-corrected chi connectivity index (χ0v) is 9.85. The smallest absolute Gasteiger partial charge is 0.255 e. The summed E-state index contributed by atoms with van der Waals surface area (Å²) in [4.78, 5) is 18.2. The highest BCUT2D eigenvalue weighted by atomic mass is 16.2. The Morgan fingerprint density at radius 1 is 1.24 bits per heavy atom. The second-order valence-electron chi connectivity index (χ2n) is 4.28. The zero-order valence-electron chi connectivity index (χ0n) is 9.85. The van der Waals surface area contributed by atoms with Crippen LogP contribution in [0.3, 0.4) is 0 Å². The fourth-order valence-corrected chi connectivity index (χ4v) is 2.06. The van der Waals surface area contributed by atoms with Crippen LogP contribution in [0.25, 0.3) is 0 Å². The predicted molar refractivity (Wildman–Crippen MR) is 66.4 cm³/mol. The Balaban J connectivity index is 2.06. The third-order valence-corrected chi connectivity index (χ3v) is 3.05. The number of nitrogens with two attached hydrogens (primary N) is 1. The van der Waals surface area contributed by atoms with E-state index < -0.39 is 0 Å². The molecule has 0 radical (unpaired) electrons. The minimum absolute atomic E-state index is 0.0722. The highest BCUT2D eigenvalue weighted by Crippen LogP contribution is 2.13. The van der Waals surface area contributed by atoms with E-state index in [2.05, 4.69) is 10.4 Å². The van der Waals surface area contributed by atoms with Crippen LogP contribution in [0, 0.1) is 0 Å². The van der Waals surface area contributed by atoms with Crippen molar-refractivity contribution in [2.45, 2.75) is 25.7 Å². The molecule has 5 heteroatoms. The molecule has 17 heavy (non-hydrogen) atoms. The number of nitrogens with one attached hydrogen (secondary N) is 1. The summed E-state index contributed by atoms with van der Waals surface area (Å²) >= 11 is 0. The number of nitrogens with zero attached hydrogens (tertiary/aromatic N) is 2. The lowest BCUT2D eigenvalue weighted by Gasteiger charge is -2.20. The van der Waals surface area contributed by atoms with Gasteiger partial charge in [-0.05, 0) is 25.0 Å². The van der Waals surface area contributed by atoms with Crippen LogP contribution < -0.4 is 11.3 Å². The van der Waals surface area contributed by atoms with Gasteiger partial charge in [-0.3, -0.25) is 4.79 Å². The number of rotatable bonds is 2. The van der Waals surface area contributed by atoms with Gasteiger partial charge in [0.1, 0.15) is 5.82 Å². The van der Waals surface area contributed by atoms with Crippen molar-refractivity contribution in [2.24, 2.45) is 5.84 Å². The molecule has 5 nitrogen and oxygen atoms in total. The van der Waals surface area contributed by atoms with Crippen molar-refractivity contribution in [3.63, 3.8) is 0 Å². The molecule has 1 amide bonds. The molecule has 0 saturated carbocycles. The quantitative estimate of drug-likeness (QED) is 0.599. The lowest BCUT2D eigenvalue weighted by atomic mass is 10.2. The highest BCUT2D eigenvalue weighted by molar-refractivity contribution is 5.94. The third kappa shape index (κ3) is 2.94. The van der Waals surface area contributed by atoms with Gasteiger partial charge in [0.25, 0.3) is 5.91 Å². The van der Waals surface area contributed by atoms with Gasteiger partial charge in [-0.15, -0.1) is 0 Å². The van der Waals surface area contributed by atoms with Crippen LogP contribution in [-0.2, 0) is 0 Å². The maximum atomic E-state index is 12.2. The monoisotopic (exact) mass is 234 g/mol. The first-order valence-corrected chi connectivity index (χ1v) is 6.03. The number of nitrogen functional groups attached to an aromatic ring is 1. The highest BCUT2D eigenvalue weighted by Gasteiger charge is 2.17. The van der Waals surface area contributed by atoms with Crippen molar-refractivity contribution in [1.29, 1.82) is 0 Å². The van der Waals surface area contributed by atoms with Crippen LogP contribution in [0.4, 0.5) is 5.82 Å². The van der Waals surface area contributed by atoms with Gasteiger partial charge in [0.15, 0.2) is 0 Å². The molecule has 2 rings (SSSR count). The third-order valence-electron chi connectivity index (χ3n) is 3.05. The number of hydrogen-bond acceptors (Lipinski definition) is 4. The Morgan fingerprint density at radius 2 is 1.94 bits per heavy atom. The van der Waals surface area contributed by atoms with Crippen molar-refractivity contribution >= 4 is 11.7 Å². The number of hydrogen-bond donors (Lipinski definition) is 2. The van der Waals surface area contributed by atoms with E-state index in [4.69, 9.17) is 5.84 Å². The first-order valence-electron chi connectivity index (χ1n) is 6.03. The second-order valence-corrected chi connectivity index (χ2v) is 4.28. The van der Waals surface area contributed by atoms with Gasteiger partial charge in [-0.1, -0.05) is 12.8 Å². The SMILES string of the molecule is NNc1ccc(C(=O)N2CCCCCC2)cn1. The molecular weight excluding hydrogens is 216 g/mol. The predicted octanol–water partition coefficient (Wildman–Crippen LogP) is 1.38. The average molecular weight is 234 g/mol. The van der Waals surface area contributed by atoms with Crippen LogP contribution >= 0.6 is 0 Å². The average Bonchev–Trinajstić information content (AvgIpc) is 2.67.